The van der Waals surface area contributed by atoms with Gasteiger partial charge in [0, 0.05) is 25.8 Å². The number of hydrogen-bond donors (Lipinski definition) is 2. The first-order valence-corrected chi connectivity index (χ1v) is 1.10. The Kier molecular flexibility index (Phi) is 23.2. The molecule has 0 aliphatic carbocycles. The van der Waals surface area contributed by atoms with Crippen molar-refractivity contribution in [3.8, 4) is 0 Å². The average molecular weight is 279 g/mol. The van der Waals surface area contributed by atoms with Gasteiger partial charge in [-0.15, -0.1) is 0 Å². The van der Waals surface area contributed by atoms with E-state index < -0.39 is 12.6 Å². The van der Waals surface area contributed by atoms with E-state index in [1.807, 2.05) is 0 Å². The molecular weight excluding hydrogens is 273 g/mol. The minimum Gasteiger partial charge on any atom is -1.00 e. The Balaban J connectivity index is -0.0000000267. The maximum Gasteiger partial charge on any atom is 1.00 e. The molecule has 0 heterocycles. The molecule has 0 unspecified atom stereocenters. The van der Waals surface area contributed by atoms with Gasteiger partial charge in [0.15, 0.2) is 0 Å². The fraction of sp³-hybridized carbons (Fsp3) is 0.500. The van der Waals surface area contributed by atoms with Gasteiger partial charge in [-0.1, -0.05) is 0 Å². The minimum absolute atomic E-state index is 0. The number of aliphatic carboxylic acids is 1. The summed E-state index contributed by atoms with van der Waals surface area (Å²) < 4.78 is 0. The molecule has 0 amide bonds. The molecule has 0 fully saturated rings. The van der Waals surface area contributed by atoms with Gasteiger partial charge in [-0.2, -0.15) is 0 Å². The van der Waals surface area contributed by atoms with Crippen molar-refractivity contribution in [1.29, 1.82) is 0 Å². The van der Waals surface area contributed by atoms with Crippen molar-refractivity contribution in [3.05, 3.63) is 0 Å². The predicted octanol–water partition coefficient (Wildman–Crippen LogP) is -3.82. The van der Waals surface area contributed by atoms with E-state index in [4.69, 9.17) is 15.0 Å². The summed E-state index contributed by atoms with van der Waals surface area (Å²) in [6, 6.07) is 0. The quantitative estimate of drug-likeness (QED) is 0.484. The Morgan fingerprint density at radius 2 is 1.86 bits per heavy atom. The van der Waals surface area contributed by atoms with Gasteiger partial charge in [-0.05, 0) is 0 Å². The van der Waals surface area contributed by atoms with Gasteiger partial charge < -0.3 is 11.6 Å². The van der Waals surface area contributed by atoms with Crippen LogP contribution in [0.3, 0.4) is 0 Å². The van der Waals surface area contributed by atoms with E-state index in [2.05, 4.69) is 0 Å². The smallest absolute Gasteiger partial charge is 1.00 e. The van der Waals surface area contributed by atoms with Gasteiger partial charge in [0.1, 0.15) is 6.61 Å². The molecule has 2 N–H and O–H groups in total. The summed E-state index contributed by atoms with van der Waals surface area (Å²) in [5, 5.41) is 15.0. The molecule has 0 aromatic rings. The van der Waals surface area contributed by atoms with Gasteiger partial charge in [-0.3, -0.25) is 0 Å². The van der Waals surface area contributed by atoms with Gasteiger partial charge in [0.2, 0.25) is 0 Å². The zero-order valence-electron chi connectivity index (χ0n) is 5.01. The number of rotatable bonds is 1. The molecule has 0 aromatic carbocycles. The largest absolute Gasteiger partial charge is 1.00 e. The average Bonchev–Trinajstić information content (AvgIpc) is 1.38. The van der Waals surface area contributed by atoms with Crippen LogP contribution in [-0.2, 0) is 30.6 Å². The van der Waals surface area contributed by atoms with E-state index in [1.54, 1.807) is 0 Å². The molecule has 0 rings (SSSR count). The Labute approximate surface area is 83.7 Å². The van der Waals surface area contributed by atoms with Crippen molar-refractivity contribution >= 4 is 5.97 Å². The number of carboxylic acids is 1. The van der Waals surface area contributed by atoms with Crippen LogP contribution in [0.1, 0.15) is 1.43 Å². The molecule has 0 aromatic heterocycles. The molecule has 3 nitrogen and oxygen atoms in total. The Morgan fingerprint density at radius 1 is 1.71 bits per heavy atom. The number of carboxylic acid groups (broad SMARTS) is 1. The summed E-state index contributed by atoms with van der Waals surface area (Å²) in [7, 11) is 0. The first-order valence-electron chi connectivity index (χ1n) is 1.10. The van der Waals surface area contributed by atoms with E-state index in [1.165, 1.54) is 0 Å². The minimum atomic E-state index is -1.19. The van der Waals surface area contributed by atoms with E-state index in [0.29, 0.717) is 0 Å². The fourth-order valence-electron chi connectivity index (χ4n) is 0. The molecule has 0 saturated heterocycles. The van der Waals surface area contributed by atoms with E-state index in [9.17, 15) is 0 Å². The zero-order chi connectivity index (χ0) is 4.28. The van der Waals surface area contributed by atoms with Gasteiger partial charge in [0.05, 0.1) is 0 Å². The van der Waals surface area contributed by atoms with Crippen LogP contribution < -0.4 is 29.6 Å². The second-order valence-corrected chi connectivity index (χ2v) is 0.552. The van der Waals surface area contributed by atoms with Crippen LogP contribution in [0.5, 0.6) is 0 Å². The number of hydrogen-bond acceptors (Lipinski definition) is 2. The zero-order valence-corrected chi connectivity index (χ0v) is 9.60. The summed E-state index contributed by atoms with van der Waals surface area (Å²) in [4.78, 5) is 9.12. The van der Waals surface area contributed by atoms with Gasteiger partial charge in [0.25, 0.3) is 0 Å². The fourth-order valence-corrected chi connectivity index (χ4v) is 0. The van der Waals surface area contributed by atoms with Crippen LogP contribution in [-0.4, -0.2) is 22.8 Å². The molecule has 5 heteroatoms. The molecule has 0 spiro atoms. The molecular formula is C2H5HfNaO3. The van der Waals surface area contributed by atoms with Crippen LogP contribution in [0.15, 0.2) is 0 Å². The van der Waals surface area contributed by atoms with Crippen LogP contribution in [0.25, 0.3) is 0 Å². The molecule has 0 bridgehead atoms. The van der Waals surface area contributed by atoms with Crippen molar-refractivity contribution in [3.63, 3.8) is 0 Å². The topological polar surface area (TPSA) is 57.5 Å². The van der Waals surface area contributed by atoms with Gasteiger partial charge in [-0.25, -0.2) is 4.79 Å². The van der Waals surface area contributed by atoms with Gasteiger partial charge >= 0.3 is 35.5 Å². The van der Waals surface area contributed by atoms with Crippen LogP contribution in [0, 0.1) is 0 Å². The normalized spacial score (nSPS) is 5.29. The Hall–Kier alpha value is 1.30. The number of aliphatic hydroxyl groups is 1. The number of carbonyl (C=O) groups is 1. The summed E-state index contributed by atoms with van der Waals surface area (Å²) in [5.41, 5.74) is 0. The number of aliphatic hydroxyl groups excluding tert-OH is 1. The third-order valence-corrected chi connectivity index (χ3v) is 0.135. The third kappa shape index (κ3) is 18.8. The van der Waals surface area contributed by atoms with Crippen molar-refractivity contribution in [1.82, 2.24) is 0 Å². The summed E-state index contributed by atoms with van der Waals surface area (Å²) in [6.45, 7) is -0.778. The molecule has 36 valence electrons. The Bertz CT molecular complexity index is 52.5. The summed E-state index contributed by atoms with van der Waals surface area (Å²) in [5.74, 6) is -1.19. The third-order valence-electron chi connectivity index (χ3n) is 0.135. The molecule has 0 aliphatic heterocycles. The maximum atomic E-state index is 9.12. The van der Waals surface area contributed by atoms with Crippen LogP contribution >= 0.6 is 0 Å². The standard InChI is InChI=1S/C2H4O3.Hf.Na.H/c3-1-2(4)5;;;/h3H,1H2,(H,4,5);;;/q;;+1;-1. The molecule has 0 atom stereocenters. The SMILES string of the molecule is O=C(O)CO.[H-].[Hf].[Na+]. The maximum absolute atomic E-state index is 9.12. The summed E-state index contributed by atoms with van der Waals surface area (Å²) >= 11 is 0. The van der Waals surface area contributed by atoms with Crippen molar-refractivity contribution in [2.24, 2.45) is 0 Å². The molecule has 0 radical (unpaired) electrons. The summed E-state index contributed by atoms with van der Waals surface area (Å²) in [6.07, 6.45) is 0. The first kappa shape index (κ1) is 15.7. The first-order chi connectivity index (χ1) is 2.27. The molecule has 0 saturated carbocycles. The van der Waals surface area contributed by atoms with Crippen molar-refractivity contribution < 1.29 is 71.8 Å². The van der Waals surface area contributed by atoms with Crippen LogP contribution in [0.4, 0.5) is 0 Å². The molecule has 7 heavy (non-hydrogen) atoms. The van der Waals surface area contributed by atoms with E-state index >= 15 is 0 Å². The monoisotopic (exact) mass is 280 g/mol. The van der Waals surface area contributed by atoms with E-state index in [-0.39, 0.29) is 56.8 Å². The molecule has 0 aliphatic rings. The van der Waals surface area contributed by atoms with Crippen molar-refractivity contribution in [2.75, 3.05) is 6.61 Å². The predicted molar refractivity (Wildman–Crippen MR) is 15.8 cm³/mol. The second kappa shape index (κ2) is 10.3. The second-order valence-electron chi connectivity index (χ2n) is 0.552. The Morgan fingerprint density at radius 3 is 1.86 bits per heavy atom. The van der Waals surface area contributed by atoms with Crippen molar-refractivity contribution in [2.45, 2.75) is 0 Å². The van der Waals surface area contributed by atoms with Crippen LogP contribution in [0.2, 0.25) is 0 Å². The van der Waals surface area contributed by atoms with E-state index in [0.717, 1.165) is 0 Å².